The molecule has 6 nitrogen and oxygen atoms in total. The summed E-state index contributed by atoms with van der Waals surface area (Å²) in [6.07, 6.45) is 7.73. The van der Waals surface area contributed by atoms with Crippen LogP contribution in [0.15, 0.2) is 73.6 Å². The van der Waals surface area contributed by atoms with E-state index in [-0.39, 0.29) is 11.9 Å². The van der Waals surface area contributed by atoms with Crippen molar-refractivity contribution in [1.29, 1.82) is 5.41 Å². The van der Waals surface area contributed by atoms with Crippen molar-refractivity contribution in [3.63, 3.8) is 0 Å². The summed E-state index contributed by atoms with van der Waals surface area (Å²) in [7, 11) is 0. The van der Waals surface area contributed by atoms with Crippen molar-refractivity contribution in [3.05, 3.63) is 85.1 Å². The van der Waals surface area contributed by atoms with Crippen molar-refractivity contribution in [1.82, 2.24) is 24.5 Å². The molecule has 4 aromatic rings. The highest BCUT2D eigenvalue weighted by atomic mass is 19.1. The summed E-state index contributed by atoms with van der Waals surface area (Å²) in [5.74, 6) is -0.293. The van der Waals surface area contributed by atoms with Gasteiger partial charge < -0.3 is 9.98 Å². The van der Waals surface area contributed by atoms with Crippen LogP contribution in [-0.2, 0) is 6.42 Å². The van der Waals surface area contributed by atoms with E-state index in [4.69, 9.17) is 5.41 Å². The second kappa shape index (κ2) is 8.73. The fourth-order valence-electron chi connectivity index (χ4n) is 3.45. The second-order valence-corrected chi connectivity index (χ2v) is 7.11. The lowest BCUT2D eigenvalue weighted by atomic mass is 10.0. The normalized spacial score (nSPS) is 11.9. The summed E-state index contributed by atoms with van der Waals surface area (Å²) in [6.45, 7) is 2.05. The highest BCUT2D eigenvalue weighted by Crippen LogP contribution is 2.33. The predicted octanol–water partition coefficient (Wildman–Crippen LogP) is 4.75. The van der Waals surface area contributed by atoms with Crippen molar-refractivity contribution in [3.8, 4) is 22.6 Å². The number of imidazole rings is 1. The lowest BCUT2D eigenvalue weighted by molar-refractivity contribution is 0.568. The fraction of sp³-hybridized carbons (Fsp3) is 0.174. The Morgan fingerprint density at radius 1 is 1.03 bits per heavy atom. The highest BCUT2D eigenvalue weighted by molar-refractivity contribution is 5.84. The van der Waals surface area contributed by atoms with Crippen molar-refractivity contribution >= 4 is 5.71 Å². The molecule has 1 unspecified atom stereocenters. The van der Waals surface area contributed by atoms with Crippen molar-refractivity contribution < 1.29 is 4.39 Å². The molecule has 0 amide bonds. The summed E-state index contributed by atoms with van der Waals surface area (Å²) >= 11 is 0. The zero-order valence-corrected chi connectivity index (χ0v) is 16.5. The van der Waals surface area contributed by atoms with Gasteiger partial charge in [-0.25, -0.2) is 19.3 Å². The number of pyridine rings is 1. The Kier molecular flexibility index (Phi) is 5.70. The topological polar surface area (TPSA) is 80.3 Å². The third-order valence-corrected chi connectivity index (χ3v) is 4.87. The van der Waals surface area contributed by atoms with Crippen LogP contribution in [0.1, 0.15) is 25.1 Å². The first kappa shape index (κ1) is 19.6. The summed E-state index contributed by atoms with van der Waals surface area (Å²) in [4.78, 5) is 17.3. The number of hydrogen-bond donors (Lipinski definition) is 1. The van der Waals surface area contributed by atoms with Gasteiger partial charge in [-0.3, -0.25) is 4.98 Å². The Hall–Kier alpha value is -3.74. The fourth-order valence-corrected chi connectivity index (χ4v) is 3.45. The molecule has 0 spiro atoms. The third-order valence-electron chi connectivity index (χ3n) is 4.87. The third kappa shape index (κ3) is 4.30. The number of hydrogen-bond acceptors (Lipinski definition) is 5. The van der Waals surface area contributed by atoms with Gasteiger partial charge in [-0.1, -0.05) is 6.07 Å². The van der Waals surface area contributed by atoms with Crippen LogP contribution in [0.5, 0.6) is 0 Å². The molecule has 0 bridgehead atoms. The summed E-state index contributed by atoms with van der Waals surface area (Å²) in [5.41, 5.74) is 4.54. The van der Waals surface area contributed by atoms with E-state index in [0.29, 0.717) is 18.6 Å². The van der Waals surface area contributed by atoms with Crippen molar-refractivity contribution in [2.24, 2.45) is 0 Å². The first-order valence-corrected chi connectivity index (χ1v) is 9.67. The van der Waals surface area contributed by atoms with Gasteiger partial charge in [-0.05, 0) is 49.4 Å². The number of nitrogens with one attached hydrogen (secondary N) is 1. The minimum atomic E-state index is -0.293. The molecule has 3 heterocycles. The first-order valence-electron chi connectivity index (χ1n) is 9.67. The van der Waals surface area contributed by atoms with Gasteiger partial charge in [0.2, 0.25) is 0 Å². The predicted molar refractivity (Wildman–Crippen MR) is 114 cm³/mol. The molecule has 30 heavy (non-hydrogen) atoms. The van der Waals surface area contributed by atoms with Crippen LogP contribution < -0.4 is 0 Å². The van der Waals surface area contributed by atoms with E-state index in [1.807, 2.05) is 35.8 Å². The molecule has 0 saturated carbocycles. The molecule has 1 N–H and O–H groups in total. The van der Waals surface area contributed by atoms with Crippen LogP contribution in [-0.4, -0.2) is 30.2 Å². The van der Waals surface area contributed by atoms with E-state index in [2.05, 4.69) is 19.9 Å². The summed E-state index contributed by atoms with van der Waals surface area (Å²) in [6, 6.07) is 13.8. The van der Waals surface area contributed by atoms with E-state index in [9.17, 15) is 4.39 Å². The SMILES string of the molecule is CC(CC(=N)Cc1ccccn1)n1cnc(-c2ccc(F)cc2)c1-c1ccncn1. The average Bonchev–Trinajstić information content (AvgIpc) is 3.21. The molecule has 0 aliphatic heterocycles. The van der Waals surface area contributed by atoms with E-state index < -0.39 is 0 Å². The van der Waals surface area contributed by atoms with Crippen LogP contribution in [0.2, 0.25) is 0 Å². The molecule has 1 aromatic carbocycles. The number of aromatic nitrogens is 5. The largest absolute Gasteiger partial charge is 0.326 e. The van der Waals surface area contributed by atoms with Gasteiger partial charge in [-0.2, -0.15) is 0 Å². The standard InChI is InChI=1S/C23H21FN6/c1-16(12-19(25)13-20-4-2-3-10-27-20)30-15-29-22(17-5-7-18(24)8-6-17)23(30)21-9-11-26-14-28-21/h2-11,14-16,25H,12-13H2,1H3. The highest BCUT2D eigenvalue weighted by Gasteiger charge is 2.20. The Labute approximate surface area is 174 Å². The first-order chi connectivity index (χ1) is 14.6. The van der Waals surface area contributed by atoms with Gasteiger partial charge in [0.15, 0.2) is 0 Å². The molecule has 0 aliphatic carbocycles. The van der Waals surface area contributed by atoms with Crippen LogP contribution in [0.4, 0.5) is 4.39 Å². The molecule has 1 atom stereocenters. The van der Waals surface area contributed by atoms with E-state index in [1.54, 1.807) is 30.9 Å². The number of halogens is 1. The van der Waals surface area contributed by atoms with Gasteiger partial charge in [-0.15, -0.1) is 0 Å². The maximum Gasteiger partial charge on any atom is 0.123 e. The maximum absolute atomic E-state index is 13.4. The monoisotopic (exact) mass is 400 g/mol. The Morgan fingerprint density at radius 3 is 2.57 bits per heavy atom. The lowest BCUT2D eigenvalue weighted by Crippen LogP contribution is -2.13. The molecular formula is C23H21FN6. The Morgan fingerprint density at radius 2 is 1.87 bits per heavy atom. The van der Waals surface area contributed by atoms with Crippen LogP contribution in [0, 0.1) is 11.2 Å². The van der Waals surface area contributed by atoms with Crippen molar-refractivity contribution in [2.75, 3.05) is 0 Å². The molecule has 4 rings (SSSR count). The molecule has 0 saturated heterocycles. The summed E-state index contributed by atoms with van der Waals surface area (Å²) < 4.78 is 15.4. The molecule has 7 heteroatoms. The van der Waals surface area contributed by atoms with E-state index >= 15 is 0 Å². The number of benzene rings is 1. The van der Waals surface area contributed by atoms with Crippen LogP contribution >= 0.6 is 0 Å². The minimum Gasteiger partial charge on any atom is -0.326 e. The van der Waals surface area contributed by atoms with Gasteiger partial charge in [0.25, 0.3) is 0 Å². The molecule has 150 valence electrons. The van der Waals surface area contributed by atoms with Crippen LogP contribution in [0.3, 0.4) is 0 Å². The Bertz CT molecular complexity index is 1120. The zero-order valence-electron chi connectivity index (χ0n) is 16.5. The van der Waals surface area contributed by atoms with Gasteiger partial charge in [0.1, 0.15) is 12.1 Å². The Balaban J connectivity index is 1.65. The second-order valence-electron chi connectivity index (χ2n) is 7.11. The van der Waals surface area contributed by atoms with Gasteiger partial charge in [0.05, 0.1) is 23.4 Å². The molecule has 0 aliphatic rings. The van der Waals surface area contributed by atoms with Gasteiger partial charge >= 0.3 is 0 Å². The number of nitrogens with zero attached hydrogens (tertiary/aromatic N) is 5. The van der Waals surface area contributed by atoms with E-state index in [0.717, 1.165) is 28.3 Å². The molecule has 0 radical (unpaired) electrons. The molecule has 0 fully saturated rings. The lowest BCUT2D eigenvalue weighted by Gasteiger charge is -2.18. The minimum absolute atomic E-state index is 0.0205. The smallest absolute Gasteiger partial charge is 0.123 e. The number of rotatable bonds is 7. The van der Waals surface area contributed by atoms with Crippen molar-refractivity contribution in [2.45, 2.75) is 25.8 Å². The zero-order chi connectivity index (χ0) is 20.9. The van der Waals surface area contributed by atoms with Gasteiger partial charge in [0, 0.05) is 48.2 Å². The maximum atomic E-state index is 13.4. The molecular weight excluding hydrogens is 379 g/mol. The quantitative estimate of drug-likeness (QED) is 0.454. The average molecular weight is 400 g/mol. The van der Waals surface area contributed by atoms with E-state index in [1.165, 1.54) is 18.5 Å². The summed E-state index contributed by atoms with van der Waals surface area (Å²) in [5, 5.41) is 8.43. The molecule has 3 aromatic heterocycles. The van der Waals surface area contributed by atoms with Crippen LogP contribution in [0.25, 0.3) is 22.6 Å².